The third-order valence-corrected chi connectivity index (χ3v) is 5.59. The van der Waals surface area contributed by atoms with Crippen molar-refractivity contribution in [2.75, 3.05) is 5.32 Å². The van der Waals surface area contributed by atoms with E-state index in [1.54, 1.807) is 10.9 Å². The summed E-state index contributed by atoms with van der Waals surface area (Å²) in [6, 6.07) is 8.25. The molecule has 0 unspecified atom stereocenters. The molecule has 23 heavy (non-hydrogen) atoms. The zero-order valence-electron chi connectivity index (χ0n) is 14.0. The summed E-state index contributed by atoms with van der Waals surface area (Å²) in [4.78, 5) is 12.6. The molecule has 0 spiro atoms. The minimum atomic E-state index is -0.0714. The first-order valence-electron chi connectivity index (χ1n) is 8.38. The maximum absolute atomic E-state index is 12.6. The summed E-state index contributed by atoms with van der Waals surface area (Å²) in [5.41, 5.74) is 4.21. The third-order valence-electron chi connectivity index (χ3n) is 5.59. The maximum atomic E-state index is 12.6. The Morgan fingerprint density at radius 1 is 1.35 bits per heavy atom. The van der Waals surface area contributed by atoms with Crippen LogP contribution in [0.15, 0.2) is 30.5 Å². The molecule has 2 aliphatic rings. The van der Waals surface area contributed by atoms with Gasteiger partial charge in [0.15, 0.2) is 0 Å². The van der Waals surface area contributed by atoms with Crippen LogP contribution in [0, 0.1) is 18.3 Å². The number of anilines is 1. The van der Waals surface area contributed by atoms with E-state index in [1.165, 1.54) is 24.8 Å². The van der Waals surface area contributed by atoms with Crippen LogP contribution in [-0.4, -0.2) is 15.7 Å². The Kier molecular flexibility index (Phi) is 3.12. The molecule has 1 heterocycles. The van der Waals surface area contributed by atoms with Crippen LogP contribution in [0.3, 0.4) is 0 Å². The van der Waals surface area contributed by atoms with Crippen molar-refractivity contribution >= 4 is 11.6 Å². The summed E-state index contributed by atoms with van der Waals surface area (Å²) >= 11 is 0. The Hall–Kier alpha value is -2.10. The second kappa shape index (κ2) is 4.95. The molecule has 2 aromatic rings. The van der Waals surface area contributed by atoms with E-state index in [1.807, 2.05) is 26.1 Å². The number of amides is 1. The highest BCUT2D eigenvalue weighted by Gasteiger charge is 2.56. The number of carbonyl (C=O) groups excluding carboxylic acids is 1. The summed E-state index contributed by atoms with van der Waals surface area (Å²) < 4.78 is 1.68. The lowest BCUT2D eigenvalue weighted by Gasteiger charge is -2.12. The van der Waals surface area contributed by atoms with Gasteiger partial charge in [-0.25, -0.2) is 0 Å². The van der Waals surface area contributed by atoms with Crippen LogP contribution in [0.1, 0.15) is 53.7 Å². The van der Waals surface area contributed by atoms with Gasteiger partial charge >= 0.3 is 0 Å². The van der Waals surface area contributed by atoms with Gasteiger partial charge in [-0.2, -0.15) is 5.10 Å². The summed E-state index contributed by atoms with van der Waals surface area (Å²) in [7, 11) is 1.84. The summed E-state index contributed by atoms with van der Waals surface area (Å²) in [5.74, 6) is 1.33. The highest BCUT2D eigenvalue weighted by Crippen LogP contribution is 2.67. The number of benzene rings is 1. The van der Waals surface area contributed by atoms with Gasteiger partial charge in [0.2, 0.25) is 0 Å². The van der Waals surface area contributed by atoms with Gasteiger partial charge in [0.1, 0.15) is 0 Å². The minimum Gasteiger partial charge on any atom is -0.322 e. The first-order valence-corrected chi connectivity index (χ1v) is 8.38. The Morgan fingerprint density at radius 2 is 2.09 bits per heavy atom. The summed E-state index contributed by atoms with van der Waals surface area (Å²) in [5, 5.41) is 7.35. The van der Waals surface area contributed by atoms with E-state index in [2.05, 4.69) is 29.5 Å². The number of nitrogens with zero attached hydrogens (tertiary/aromatic N) is 2. The van der Waals surface area contributed by atoms with Gasteiger partial charge in [-0.3, -0.25) is 9.48 Å². The molecule has 2 atom stereocenters. The van der Waals surface area contributed by atoms with Gasteiger partial charge in [0, 0.05) is 18.9 Å². The molecule has 4 heteroatoms. The molecule has 1 amide bonds. The van der Waals surface area contributed by atoms with Crippen molar-refractivity contribution < 1.29 is 4.79 Å². The number of hydrogen-bond donors (Lipinski definition) is 1. The van der Waals surface area contributed by atoms with E-state index in [-0.39, 0.29) is 5.91 Å². The van der Waals surface area contributed by atoms with E-state index in [9.17, 15) is 4.79 Å². The molecule has 2 saturated carbocycles. The molecule has 0 bridgehead atoms. The zero-order valence-corrected chi connectivity index (χ0v) is 14.0. The highest BCUT2D eigenvalue weighted by atomic mass is 16.1. The first-order chi connectivity index (χ1) is 11.0. The highest BCUT2D eigenvalue weighted by molar-refractivity contribution is 6.05. The Balaban J connectivity index is 1.56. The summed E-state index contributed by atoms with van der Waals surface area (Å²) in [6.45, 7) is 4.27. The monoisotopic (exact) mass is 309 g/mol. The van der Waals surface area contributed by atoms with Crippen molar-refractivity contribution in [2.45, 2.75) is 39.0 Å². The Labute approximate surface area is 136 Å². The lowest BCUT2D eigenvalue weighted by Crippen LogP contribution is -2.14. The van der Waals surface area contributed by atoms with Crippen molar-refractivity contribution in [3.8, 4) is 0 Å². The SMILES string of the molecule is Cc1nn(C)cc1C(=O)Nc1ccccc1[C@H]1C[C@@H]1C1(C)CC1. The fraction of sp³-hybridized carbons (Fsp3) is 0.474. The number of hydrogen-bond acceptors (Lipinski definition) is 2. The number of rotatable bonds is 4. The molecule has 0 aliphatic heterocycles. The number of para-hydroxylation sites is 1. The average Bonchev–Trinajstić information content (AvgIpc) is 3.41. The van der Waals surface area contributed by atoms with Crippen LogP contribution in [0.5, 0.6) is 0 Å². The number of nitrogens with one attached hydrogen (secondary N) is 1. The van der Waals surface area contributed by atoms with Gasteiger partial charge < -0.3 is 5.32 Å². The number of aromatic nitrogens is 2. The topological polar surface area (TPSA) is 46.9 Å². The summed E-state index contributed by atoms with van der Waals surface area (Å²) in [6.07, 6.45) is 5.75. The van der Waals surface area contributed by atoms with Crippen LogP contribution in [-0.2, 0) is 7.05 Å². The normalized spacial score (nSPS) is 24.3. The molecule has 1 N–H and O–H groups in total. The van der Waals surface area contributed by atoms with Crippen LogP contribution >= 0.6 is 0 Å². The molecule has 2 aliphatic carbocycles. The second-order valence-corrected chi connectivity index (χ2v) is 7.45. The predicted octanol–water partition coefficient (Wildman–Crippen LogP) is 3.88. The second-order valence-electron chi connectivity index (χ2n) is 7.45. The largest absolute Gasteiger partial charge is 0.322 e. The first kappa shape index (κ1) is 14.5. The maximum Gasteiger partial charge on any atom is 0.259 e. The van der Waals surface area contributed by atoms with Crippen molar-refractivity contribution in [2.24, 2.45) is 18.4 Å². The van der Waals surface area contributed by atoms with Gasteiger partial charge in [-0.1, -0.05) is 25.1 Å². The molecular formula is C19H23N3O. The standard InChI is InChI=1S/C19H23N3O/c1-12-15(11-22(3)21-12)18(23)20-17-7-5-4-6-13(17)14-10-16(14)19(2)8-9-19/h4-7,11,14,16H,8-10H2,1-3H3,(H,20,23)/t14-,16+/m1/s1. The molecule has 0 saturated heterocycles. The van der Waals surface area contributed by atoms with Gasteiger partial charge in [0.25, 0.3) is 5.91 Å². The quantitative estimate of drug-likeness (QED) is 0.931. The molecule has 2 fully saturated rings. The molecule has 1 aromatic heterocycles. The van der Waals surface area contributed by atoms with Gasteiger partial charge in [0.05, 0.1) is 11.3 Å². The van der Waals surface area contributed by atoms with Crippen LogP contribution < -0.4 is 5.32 Å². The number of carbonyl (C=O) groups is 1. The molecule has 0 radical (unpaired) electrons. The third kappa shape index (κ3) is 2.56. The predicted molar refractivity (Wildman–Crippen MR) is 90.5 cm³/mol. The van der Waals surface area contributed by atoms with Crippen molar-refractivity contribution in [3.63, 3.8) is 0 Å². The van der Waals surface area contributed by atoms with Gasteiger partial charge in [-0.05, 0) is 55.1 Å². The Morgan fingerprint density at radius 3 is 2.74 bits per heavy atom. The fourth-order valence-electron chi connectivity index (χ4n) is 3.82. The lowest BCUT2D eigenvalue weighted by molar-refractivity contribution is 0.102. The molecule has 4 rings (SSSR count). The van der Waals surface area contributed by atoms with Crippen molar-refractivity contribution in [1.82, 2.24) is 9.78 Å². The minimum absolute atomic E-state index is 0.0714. The van der Waals surface area contributed by atoms with Crippen molar-refractivity contribution in [1.29, 1.82) is 0 Å². The van der Waals surface area contributed by atoms with E-state index in [0.717, 1.165) is 17.3 Å². The van der Waals surface area contributed by atoms with E-state index < -0.39 is 0 Å². The molecule has 4 nitrogen and oxygen atoms in total. The zero-order chi connectivity index (χ0) is 16.2. The molecule has 120 valence electrons. The smallest absolute Gasteiger partial charge is 0.259 e. The van der Waals surface area contributed by atoms with E-state index in [0.29, 0.717) is 16.9 Å². The van der Waals surface area contributed by atoms with Crippen molar-refractivity contribution in [3.05, 3.63) is 47.3 Å². The van der Waals surface area contributed by atoms with Crippen LogP contribution in [0.2, 0.25) is 0 Å². The van der Waals surface area contributed by atoms with E-state index >= 15 is 0 Å². The van der Waals surface area contributed by atoms with Crippen LogP contribution in [0.25, 0.3) is 0 Å². The number of aryl methyl sites for hydroxylation is 2. The average molecular weight is 309 g/mol. The van der Waals surface area contributed by atoms with Gasteiger partial charge in [-0.15, -0.1) is 0 Å². The van der Waals surface area contributed by atoms with Crippen LogP contribution in [0.4, 0.5) is 5.69 Å². The molecular weight excluding hydrogens is 286 g/mol. The fourth-order valence-corrected chi connectivity index (χ4v) is 3.82. The molecule has 1 aromatic carbocycles. The lowest BCUT2D eigenvalue weighted by atomic mass is 9.97. The van der Waals surface area contributed by atoms with E-state index in [4.69, 9.17) is 0 Å². The Bertz CT molecular complexity index is 773.